The number of benzene rings is 2. The van der Waals surface area contributed by atoms with E-state index in [1.165, 1.54) is 0 Å². The topological polar surface area (TPSA) is 35.0 Å². The highest BCUT2D eigenvalue weighted by Crippen LogP contribution is 2.29. The van der Waals surface area contributed by atoms with Crippen LogP contribution in [0.4, 0.5) is 0 Å². The van der Waals surface area contributed by atoms with E-state index in [4.69, 9.17) is 16.3 Å². The van der Waals surface area contributed by atoms with Crippen molar-refractivity contribution < 1.29 is 4.74 Å². The number of fused-ring (bicyclic) bond motifs is 1. The number of rotatable bonds is 3. The molecule has 3 aromatic rings. The average molecular weight is 364 g/mol. The van der Waals surface area contributed by atoms with Crippen LogP contribution in [0, 0.1) is 0 Å². The zero-order valence-electron chi connectivity index (χ0n) is 11.3. The van der Waals surface area contributed by atoms with Gasteiger partial charge in [-0.25, -0.2) is 9.97 Å². The molecular formula is C16H12BrClN2O. The van der Waals surface area contributed by atoms with Crippen molar-refractivity contribution in [3.8, 4) is 11.5 Å². The van der Waals surface area contributed by atoms with E-state index in [0.717, 1.165) is 39.3 Å². The number of aromatic nitrogens is 2. The minimum absolute atomic E-state index is 0.684. The third kappa shape index (κ3) is 3.17. The molecule has 5 heteroatoms. The first-order chi connectivity index (χ1) is 10.2. The van der Waals surface area contributed by atoms with Gasteiger partial charge in [-0.2, -0.15) is 0 Å². The Bertz CT molecular complexity index is 790. The van der Waals surface area contributed by atoms with E-state index in [-0.39, 0.29) is 0 Å². The standard InChI is InChI=1S/C16H12BrClN2O/c1-2-15-19-14-8-7-12(9-13(14)16(17)20-15)21-11-5-3-10(18)4-6-11/h3-9H,2H2,1H3. The van der Waals surface area contributed by atoms with Crippen molar-refractivity contribution in [1.29, 1.82) is 0 Å². The van der Waals surface area contributed by atoms with Crippen LogP contribution in [0.15, 0.2) is 47.1 Å². The van der Waals surface area contributed by atoms with Crippen LogP contribution in [0.5, 0.6) is 11.5 Å². The van der Waals surface area contributed by atoms with Gasteiger partial charge in [-0.1, -0.05) is 18.5 Å². The van der Waals surface area contributed by atoms with Crippen molar-refractivity contribution >= 4 is 38.4 Å². The van der Waals surface area contributed by atoms with Crippen molar-refractivity contribution in [2.45, 2.75) is 13.3 Å². The van der Waals surface area contributed by atoms with E-state index in [1.807, 2.05) is 37.3 Å². The first kappa shape index (κ1) is 14.3. The fraction of sp³-hybridized carbons (Fsp3) is 0.125. The van der Waals surface area contributed by atoms with E-state index in [0.29, 0.717) is 5.02 Å². The van der Waals surface area contributed by atoms with Gasteiger partial charge in [0, 0.05) is 16.8 Å². The monoisotopic (exact) mass is 362 g/mol. The predicted octanol–water partition coefficient (Wildman–Crippen LogP) is 5.40. The van der Waals surface area contributed by atoms with Crippen molar-refractivity contribution in [3.05, 3.63) is 57.9 Å². The van der Waals surface area contributed by atoms with Gasteiger partial charge in [-0.3, -0.25) is 0 Å². The SMILES string of the molecule is CCc1nc(Br)c2cc(Oc3ccc(Cl)cc3)ccc2n1. The summed E-state index contributed by atoms with van der Waals surface area (Å²) in [6, 6.07) is 13.0. The summed E-state index contributed by atoms with van der Waals surface area (Å²) < 4.78 is 6.60. The predicted molar refractivity (Wildman–Crippen MR) is 88.1 cm³/mol. The third-order valence-corrected chi connectivity index (χ3v) is 3.89. The van der Waals surface area contributed by atoms with Gasteiger partial charge in [0.1, 0.15) is 21.9 Å². The molecule has 1 aromatic heterocycles. The van der Waals surface area contributed by atoms with Crippen LogP contribution in [0.3, 0.4) is 0 Å². The van der Waals surface area contributed by atoms with Crippen LogP contribution < -0.4 is 4.74 Å². The number of aryl methyl sites for hydroxylation is 1. The zero-order valence-corrected chi connectivity index (χ0v) is 13.6. The van der Waals surface area contributed by atoms with Crippen LogP contribution in [0.2, 0.25) is 5.02 Å². The Morgan fingerprint density at radius 2 is 1.76 bits per heavy atom. The van der Waals surface area contributed by atoms with Gasteiger partial charge in [0.05, 0.1) is 5.52 Å². The molecule has 0 unspecified atom stereocenters. The van der Waals surface area contributed by atoms with E-state index < -0.39 is 0 Å². The third-order valence-electron chi connectivity index (χ3n) is 3.03. The Labute approximate surface area is 136 Å². The quantitative estimate of drug-likeness (QED) is 0.584. The van der Waals surface area contributed by atoms with Gasteiger partial charge >= 0.3 is 0 Å². The number of nitrogens with zero attached hydrogens (tertiary/aromatic N) is 2. The molecule has 0 saturated carbocycles. The Hall–Kier alpha value is -1.65. The second-order valence-electron chi connectivity index (χ2n) is 4.52. The highest BCUT2D eigenvalue weighted by atomic mass is 79.9. The highest BCUT2D eigenvalue weighted by molar-refractivity contribution is 9.10. The second kappa shape index (κ2) is 6.00. The smallest absolute Gasteiger partial charge is 0.130 e. The second-order valence-corrected chi connectivity index (χ2v) is 5.71. The van der Waals surface area contributed by atoms with Gasteiger partial charge in [-0.05, 0) is 58.4 Å². The Morgan fingerprint density at radius 1 is 1.05 bits per heavy atom. The van der Waals surface area contributed by atoms with Gasteiger partial charge < -0.3 is 4.74 Å². The van der Waals surface area contributed by atoms with Crippen LogP contribution in [-0.2, 0) is 6.42 Å². The lowest BCUT2D eigenvalue weighted by Gasteiger charge is -2.08. The first-order valence-corrected chi connectivity index (χ1v) is 7.72. The summed E-state index contributed by atoms with van der Waals surface area (Å²) in [4.78, 5) is 8.91. The van der Waals surface area contributed by atoms with Crippen molar-refractivity contribution in [2.24, 2.45) is 0 Å². The maximum Gasteiger partial charge on any atom is 0.130 e. The average Bonchev–Trinajstić information content (AvgIpc) is 2.50. The number of hydrogen-bond donors (Lipinski definition) is 0. The number of hydrogen-bond acceptors (Lipinski definition) is 3. The summed E-state index contributed by atoms with van der Waals surface area (Å²) in [5, 5.41) is 1.61. The zero-order chi connectivity index (χ0) is 14.8. The molecular weight excluding hydrogens is 352 g/mol. The van der Waals surface area contributed by atoms with Gasteiger partial charge in [0.15, 0.2) is 0 Å². The number of halogens is 2. The van der Waals surface area contributed by atoms with E-state index in [1.54, 1.807) is 12.1 Å². The molecule has 0 atom stereocenters. The van der Waals surface area contributed by atoms with Crippen LogP contribution in [0.1, 0.15) is 12.7 Å². The minimum Gasteiger partial charge on any atom is -0.457 e. The first-order valence-electron chi connectivity index (χ1n) is 6.55. The van der Waals surface area contributed by atoms with Gasteiger partial charge in [0.25, 0.3) is 0 Å². The summed E-state index contributed by atoms with van der Waals surface area (Å²) in [7, 11) is 0. The maximum atomic E-state index is 5.86. The molecule has 0 amide bonds. The Morgan fingerprint density at radius 3 is 2.48 bits per heavy atom. The lowest BCUT2D eigenvalue weighted by atomic mass is 10.2. The molecule has 0 aliphatic carbocycles. The molecule has 1 heterocycles. The van der Waals surface area contributed by atoms with Crippen molar-refractivity contribution in [3.63, 3.8) is 0 Å². The van der Waals surface area contributed by atoms with E-state index in [2.05, 4.69) is 25.9 Å². The van der Waals surface area contributed by atoms with Crippen molar-refractivity contribution in [2.75, 3.05) is 0 Å². The van der Waals surface area contributed by atoms with E-state index in [9.17, 15) is 0 Å². The molecule has 0 aliphatic rings. The molecule has 0 fully saturated rings. The largest absolute Gasteiger partial charge is 0.457 e. The molecule has 3 rings (SSSR count). The molecule has 0 radical (unpaired) electrons. The van der Waals surface area contributed by atoms with Crippen LogP contribution >= 0.6 is 27.5 Å². The molecule has 21 heavy (non-hydrogen) atoms. The molecule has 0 aliphatic heterocycles. The summed E-state index contributed by atoms with van der Waals surface area (Å²) in [6.45, 7) is 2.03. The number of ether oxygens (including phenoxy) is 1. The van der Waals surface area contributed by atoms with Crippen LogP contribution in [0.25, 0.3) is 10.9 Å². The molecule has 0 N–H and O–H groups in total. The summed E-state index contributed by atoms with van der Waals surface area (Å²) >= 11 is 9.36. The Balaban J connectivity index is 1.97. The Kier molecular flexibility index (Phi) is 4.08. The molecule has 2 aromatic carbocycles. The summed E-state index contributed by atoms with van der Waals surface area (Å²) in [5.74, 6) is 2.29. The minimum atomic E-state index is 0.684. The lowest BCUT2D eigenvalue weighted by molar-refractivity contribution is 0.483. The molecule has 0 spiro atoms. The lowest BCUT2D eigenvalue weighted by Crippen LogP contribution is -1.95. The summed E-state index contributed by atoms with van der Waals surface area (Å²) in [6.07, 6.45) is 0.803. The molecule has 106 valence electrons. The molecule has 0 bridgehead atoms. The van der Waals surface area contributed by atoms with Gasteiger partial charge in [0.2, 0.25) is 0 Å². The van der Waals surface area contributed by atoms with E-state index >= 15 is 0 Å². The fourth-order valence-corrected chi connectivity index (χ4v) is 2.62. The fourth-order valence-electron chi connectivity index (χ4n) is 1.98. The highest BCUT2D eigenvalue weighted by Gasteiger charge is 2.07. The van der Waals surface area contributed by atoms with Gasteiger partial charge in [-0.15, -0.1) is 0 Å². The summed E-state index contributed by atoms with van der Waals surface area (Å²) in [5.41, 5.74) is 0.900. The van der Waals surface area contributed by atoms with Crippen molar-refractivity contribution in [1.82, 2.24) is 9.97 Å². The molecule has 0 saturated heterocycles. The maximum absolute atomic E-state index is 5.86. The molecule has 3 nitrogen and oxygen atoms in total. The van der Waals surface area contributed by atoms with Crippen LogP contribution in [-0.4, -0.2) is 9.97 Å². The normalized spacial score (nSPS) is 10.8.